The molecular weight excluding hydrogens is 164 g/mol. The second kappa shape index (κ2) is 17.5. The van der Waals surface area contributed by atoms with Crippen LogP contribution in [0.4, 0.5) is 0 Å². The summed E-state index contributed by atoms with van der Waals surface area (Å²) in [4.78, 5) is 0. The van der Waals surface area contributed by atoms with E-state index in [1.165, 1.54) is 0 Å². The molecule has 0 aliphatic heterocycles. The molecule has 2 N–H and O–H groups in total. The second-order valence-electron chi connectivity index (χ2n) is 2.69. The summed E-state index contributed by atoms with van der Waals surface area (Å²) in [6.07, 6.45) is 8.42. The summed E-state index contributed by atoms with van der Waals surface area (Å²) in [5.74, 6) is 0. The van der Waals surface area contributed by atoms with Gasteiger partial charge in [0.2, 0.25) is 0 Å². The van der Waals surface area contributed by atoms with Crippen molar-refractivity contribution in [2.75, 3.05) is 13.2 Å². The lowest BCUT2D eigenvalue weighted by atomic mass is 10.2. The molecule has 0 aromatic carbocycles. The van der Waals surface area contributed by atoms with Crippen molar-refractivity contribution in [2.24, 2.45) is 0 Å². The van der Waals surface area contributed by atoms with E-state index in [2.05, 4.69) is 13.2 Å². The predicted molar refractivity (Wildman–Crippen MR) is 57.7 cm³/mol. The Labute approximate surface area is 81.6 Å². The molecule has 0 fully saturated rings. The fourth-order valence-corrected chi connectivity index (χ4v) is 0.754. The number of unbranched alkanes of at least 4 members (excludes halogenated alkanes) is 4. The largest absolute Gasteiger partial charge is 0.396 e. The summed E-state index contributed by atoms with van der Waals surface area (Å²) in [5.41, 5.74) is 0. The van der Waals surface area contributed by atoms with Gasteiger partial charge in [0.15, 0.2) is 0 Å². The van der Waals surface area contributed by atoms with Gasteiger partial charge in [-0.15, -0.1) is 0 Å². The third-order valence-corrected chi connectivity index (χ3v) is 1.48. The van der Waals surface area contributed by atoms with Crippen molar-refractivity contribution >= 4 is 0 Å². The molecule has 0 radical (unpaired) electrons. The van der Waals surface area contributed by atoms with Crippen molar-refractivity contribution in [3.05, 3.63) is 25.3 Å². The van der Waals surface area contributed by atoms with Crippen LogP contribution in [0.5, 0.6) is 0 Å². The Morgan fingerprint density at radius 3 is 1.23 bits per heavy atom. The minimum atomic E-state index is 0.305. The summed E-state index contributed by atoms with van der Waals surface area (Å²) < 4.78 is 0. The van der Waals surface area contributed by atoms with Crippen LogP contribution in [0.25, 0.3) is 0 Å². The molecule has 0 unspecified atom stereocenters. The molecule has 0 aliphatic rings. The minimum absolute atomic E-state index is 0.305. The van der Waals surface area contributed by atoms with Gasteiger partial charge in [-0.25, -0.2) is 0 Å². The van der Waals surface area contributed by atoms with Crippen LogP contribution in [0.15, 0.2) is 25.3 Å². The number of hydrogen-bond donors (Lipinski definition) is 2. The summed E-state index contributed by atoms with van der Waals surface area (Å²) in [5, 5.41) is 16.7. The molecule has 0 aromatic heterocycles. The van der Waals surface area contributed by atoms with Crippen LogP contribution in [0.1, 0.15) is 32.1 Å². The van der Waals surface area contributed by atoms with Gasteiger partial charge >= 0.3 is 0 Å². The minimum Gasteiger partial charge on any atom is -0.396 e. The van der Waals surface area contributed by atoms with E-state index in [0.29, 0.717) is 13.2 Å². The lowest BCUT2D eigenvalue weighted by molar-refractivity contribution is 0.272. The van der Waals surface area contributed by atoms with E-state index in [1.54, 1.807) is 12.2 Å². The number of aliphatic hydroxyl groups is 2. The zero-order valence-corrected chi connectivity index (χ0v) is 8.41. The number of allylic oxidation sites excluding steroid dienone is 2. The van der Waals surface area contributed by atoms with Gasteiger partial charge < -0.3 is 10.2 Å². The van der Waals surface area contributed by atoms with Crippen molar-refractivity contribution < 1.29 is 10.2 Å². The summed E-state index contributed by atoms with van der Waals surface area (Å²) >= 11 is 0. The highest BCUT2D eigenvalue weighted by atomic mass is 16.3. The molecule has 2 nitrogen and oxygen atoms in total. The van der Waals surface area contributed by atoms with Crippen LogP contribution in [0.2, 0.25) is 0 Å². The first-order valence-corrected chi connectivity index (χ1v) is 4.78. The van der Waals surface area contributed by atoms with E-state index in [4.69, 9.17) is 10.2 Å². The Kier molecular flexibility index (Phi) is 20.0. The molecule has 13 heavy (non-hydrogen) atoms. The lowest BCUT2D eigenvalue weighted by Crippen LogP contribution is -1.85. The van der Waals surface area contributed by atoms with Crippen LogP contribution >= 0.6 is 0 Å². The van der Waals surface area contributed by atoms with Gasteiger partial charge in [-0.05, 0) is 12.8 Å². The number of hydrogen-bond acceptors (Lipinski definition) is 2. The van der Waals surface area contributed by atoms with Gasteiger partial charge in [0.1, 0.15) is 0 Å². The molecular formula is C11H22O2. The maximum Gasteiger partial charge on any atom is 0.0431 e. The fraction of sp³-hybridized carbons (Fsp3) is 0.636. The van der Waals surface area contributed by atoms with Crippen LogP contribution in [0, 0.1) is 0 Å². The van der Waals surface area contributed by atoms with Gasteiger partial charge in [0, 0.05) is 13.2 Å². The highest BCUT2D eigenvalue weighted by molar-refractivity contribution is 4.88. The SMILES string of the molecule is C=CC=C.OCCCCCCCO. The Morgan fingerprint density at radius 1 is 0.692 bits per heavy atom. The molecule has 0 saturated heterocycles. The van der Waals surface area contributed by atoms with Gasteiger partial charge in [-0.1, -0.05) is 44.6 Å². The van der Waals surface area contributed by atoms with E-state index >= 15 is 0 Å². The molecule has 0 spiro atoms. The first-order chi connectivity index (χ1) is 6.33. The monoisotopic (exact) mass is 186 g/mol. The normalized spacial score (nSPS) is 8.46. The van der Waals surface area contributed by atoms with Crippen molar-refractivity contribution in [3.63, 3.8) is 0 Å². The van der Waals surface area contributed by atoms with Gasteiger partial charge in [0.25, 0.3) is 0 Å². The molecule has 0 amide bonds. The number of rotatable bonds is 7. The van der Waals surface area contributed by atoms with Crippen LogP contribution in [-0.2, 0) is 0 Å². The van der Waals surface area contributed by atoms with E-state index < -0.39 is 0 Å². The molecule has 0 aromatic rings. The maximum absolute atomic E-state index is 8.37. The molecule has 0 bridgehead atoms. The molecule has 0 heterocycles. The first-order valence-electron chi connectivity index (χ1n) is 4.78. The van der Waals surface area contributed by atoms with Crippen LogP contribution in [-0.4, -0.2) is 23.4 Å². The van der Waals surface area contributed by atoms with Gasteiger partial charge in [-0.2, -0.15) is 0 Å². The maximum atomic E-state index is 8.37. The van der Waals surface area contributed by atoms with E-state index in [-0.39, 0.29) is 0 Å². The van der Waals surface area contributed by atoms with Crippen molar-refractivity contribution in [3.8, 4) is 0 Å². The fourth-order valence-electron chi connectivity index (χ4n) is 0.754. The van der Waals surface area contributed by atoms with Gasteiger partial charge in [0.05, 0.1) is 0 Å². The zero-order valence-electron chi connectivity index (χ0n) is 8.41. The zero-order chi connectivity index (χ0) is 10.4. The quantitative estimate of drug-likeness (QED) is 0.473. The molecule has 0 atom stereocenters. The Morgan fingerprint density at radius 2 is 1.00 bits per heavy atom. The standard InChI is InChI=1S/C7H16O2.C4H6/c8-6-4-2-1-3-5-7-9;1-3-4-2/h8-9H,1-7H2;3-4H,1-2H2. The molecule has 0 rings (SSSR count). The predicted octanol–water partition coefficient (Wildman–Crippen LogP) is 2.28. The van der Waals surface area contributed by atoms with E-state index in [0.717, 1.165) is 32.1 Å². The first kappa shape index (κ1) is 14.9. The van der Waals surface area contributed by atoms with Crippen molar-refractivity contribution in [2.45, 2.75) is 32.1 Å². The number of aliphatic hydroxyl groups excluding tert-OH is 2. The van der Waals surface area contributed by atoms with Gasteiger partial charge in [-0.3, -0.25) is 0 Å². The third kappa shape index (κ3) is 24.6. The molecule has 0 aliphatic carbocycles. The third-order valence-electron chi connectivity index (χ3n) is 1.48. The van der Waals surface area contributed by atoms with Crippen molar-refractivity contribution in [1.82, 2.24) is 0 Å². The van der Waals surface area contributed by atoms with E-state index in [1.807, 2.05) is 0 Å². The average Bonchev–Trinajstić information content (AvgIpc) is 2.18. The average molecular weight is 186 g/mol. The van der Waals surface area contributed by atoms with Crippen LogP contribution in [0.3, 0.4) is 0 Å². The molecule has 0 saturated carbocycles. The van der Waals surface area contributed by atoms with E-state index in [9.17, 15) is 0 Å². The summed E-state index contributed by atoms with van der Waals surface area (Å²) in [6, 6.07) is 0. The second-order valence-corrected chi connectivity index (χ2v) is 2.69. The molecule has 2 heteroatoms. The summed E-state index contributed by atoms with van der Waals surface area (Å²) in [6.45, 7) is 7.33. The van der Waals surface area contributed by atoms with Crippen molar-refractivity contribution in [1.29, 1.82) is 0 Å². The Bertz CT molecular complexity index is 88.3. The smallest absolute Gasteiger partial charge is 0.0431 e. The highest BCUT2D eigenvalue weighted by Gasteiger charge is 1.86. The van der Waals surface area contributed by atoms with Crippen LogP contribution < -0.4 is 0 Å². The highest BCUT2D eigenvalue weighted by Crippen LogP contribution is 2.00. The lowest BCUT2D eigenvalue weighted by Gasteiger charge is -1.95. The Hall–Kier alpha value is -0.600. The molecule has 78 valence electrons. The topological polar surface area (TPSA) is 40.5 Å². The summed E-state index contributed by atoms with van der Waals surface area (Å²) in [7, 11) is 0. The Balaban J connectivity index is 0.